The Bertz CT molecular complexity index is 772. The third kappa shape index (κ3) is 3.13. The molecule has 2 heterocycles. The van der Waals surface area contributed by atoms with Crippen molar-refractivity contribution in [3.8, 4) is 6.07 Å². The summed E-state index contributed by atoms with van der Waals surface area (Å²) in [6.07, 6.45) is -2.94. The van der Waals surface area contributed by atoms with Crippen molar-refractivity contribution in [1.82, 2.24) is 14.8 Å². The Kier molecular flexibility index (Phi) is 3.72. The number of aryl methyl sites for hydroxylation is 2. The van der Waals surface area contributed by atoms with Gasteiger partial charge in [0.05, 0.1) is 23.4 Å². The first-order valence-corrected chi connectivity index (χ1v) is 7.15. The molecule has 1 aromatic carbocycles. The smallest absolute Gasteiger partial charge is 0.379 e. The number of alkyl halides is 3. The maximum absolute atomic E-state index is 12.7. The van der Waals surface area contributed by atoms with E-state index in [2.05, 4.69) is 15.4 Å². The normalized spacial score (nSPS) is 17.4. The molecule has 2 aromatic rings. The van der Waals surface area contributed by atoms with Crippen LogP contribution in [0.2, 0.25) is 0 Å². The van der Waals surface area contributed by atoms with Crippen LogP contribution in [0.3, 0.4) is 0 Å². The minimum atomic E-state index is -4.46. The first kappa shape index (κ1) is 15.3. The number of hydrogen-bond donors (Lipinski definition) is 1. The molecule has 0 saturated heterocycles. The Morgan fingerprint density at radius 1 is 1.39 bits per heavy atom. The van der Waals surface area contributed by atoms with Crippen molar-refractivity contribution in [2.75, 3.05) is 5.32 Å². The molecule has 1 aromatic heterocycles. The van der Waals surface area contributed by atoms with E-state index in [1.807, 2.05) is 13.0 Å². The summed E-state index contributed by atoms with van der Waals surface area (Å²) in [4.78, 5) is 4.31. The Labute approximate surface area is 130 Å². The highest BCUT2D eigenvalue weighted by atomic mass is 19.4. The van der Waals surface area contributed by atoms with Crippen LogP contribution in [0, 0.1) is 18.3 Å². The van der Waals surface area contributed by atoms with Crippen molar-refractivity contribution in [2.24, 2.45) is 0 Å². The average Bonchev–Trinajstić information content (AvgIpc) is 2.86. The molecular weight excluding hydrogens is 307 g/mol. The van der Waals surface area contributed by atoms with E-state index in [0.717, 1.165) is 30.8 Å². The van der Waals surface area contributed by atoms with Gasteiger partial charge >= 0.3 is 6.18 Å². The largest absolute Gasteiger partial charge is 0.416 e. The summed E-state index contributed by atoms with van der Waals surface area (Å²) in [6.45, 7) is 2.39. The van der Waals surface area contributed by atoms with Gasteiger partial charge in [0.2, 0.25) is 0 Å². The number of fused-ring (bicyclic) bond motifs is 1. The minimum absolute atomic E-state index is 0.00700. The molecule has 1 aliphatic rings. The summed E-state index contributed by atoms with van der Waals surface area (Å²) < 4.78 is 39.9. The number of aromatic nitrogens is 3. The first-order chi connectivity index (χ1) is 10.9. The molecule has 8 heteroatoms. The van der Waals surface area contributed by atoms with Crippen LogP contribution in [0.1, 0.15) is 29.2 Å². The second kappa shape index (κ2) is 5.57. The summed E-state index contributed by atoms with van der Waals surface area (Å²) in [6, 6.07) is 4.98. The molecule has 3 rings (SSSR count). The molecule has 1 unspecified atom stereocenters. The van der Waals surface area contributed by atoms with E-state index in [-0.39, 0.29) is 11.6 Å². The van der Waals surface area contributed by atoms with Gasteiger partial charge in [-0.05, 0) is 31.5 Å². The van der Waals surface area contributed by atoms with Gasteiger partial charge in [0.1, 0.15) is 17.7 Å². The van der Waals surface area contributed by atoms with Gasteiger partial charge in [-0.25, -0.2) is 9.67 Å². The summed E-state index contributed by atoms with van der Waals surface area (Å²) in [5.41, 5.74) is -0.427. The fourth-order valence-electron chi connectivity index (χ4n) is 2.71. The lowest BCUT2D eigenvalue weighted by Crippen LogP contribution is -2.32. The first-order valence-electron chi connectivity index (χ1n) is 7.15. The van der Waals surface area contributed by atoms with Crippen LogP contribution < -0.4 is 5.32 Å². The molecule has 0 spiro atoms. The van der Waals surface area contributed by atoms with Crippen LogP contribution in [0.25, 0.3) is 0 Å². The highest BCUT2D eigenvalue weighted by Gasteiger charge is 2.31. The second-order valence-corrected chi connectivity index (χ2v) is 5.51. The highest BCUT2D eigenvalue weighted by molar-refractivity contribution is 5.59. The zero-order chi connectivity index (χ0) is 16.6. The van der Waals surface area contributed by atoms with Crippen molar-refractivity contribution < 1.29 is 13.2 Å². The summed E-state index contributed by atoms with van der Waals surface area (Å²) in [5, 5.41) is 16.5. The maximum Gasteiger partial charge on any atom is 0.416 e. The lowest BCUT2D eigenvalue weighted by Gasteiger charge is -2.25. The molecule has 120 valence electrons. The van der Waals surface area contributed by atoms with E-state index in [1.54, 1.807) is 4.68 Å². The van der Waals surface area contributed by atoms with E-state index >= 15 is 0 Å². The number of nitrogens with zero attached hydrogens (tertiary/aromatic N) is 4. The van der Waals surface area contributed by atoms with Crippen LogP contribution in [-0.2, 0) is 19.1 Å². The minimum Gasteiger partial charge on any atom is -0.379 e. The van der Waals surface area contributed by atoms with E-state index in [0.29, 0.717) is 18.1 Å². The topological polar surface area (TPSA) is 66.5 Å². The Morgan fingerprint density at radius 3 is 2.87 bits per heavy atom. The lowest BCUT2D eigenvalue weighted by molar-refractivity contribution is -0.137. The maximum atomic E-state index is 12.7. The van der Waals surface area contributed by atoms with Crippen molar-refractivity contribution in [3.05, 3.63) is 41.0 Å². The molecule has 0 bridgehead atoms. The van der Waals surface area contributed by atoms with Crippen molar-refractivity contribution in [2.45, 2.75) is 38.5 Å². The van der Waals surface area contributed by atoms with Crippen LogP contribution >= 0.6 is 0 Å². The van der Waals surface area contributed by atoms with E-state index in [4.69, 9.17) is 5.26 Å². The number of hydrogen-bond acceptors (Lipinski definition) is 4. The standard InChI is InChI=1S/C15H14F3N5/c1-9-20-14-5-3-12(8-23(14)22-9)21-13-4-2-11(15(16,17)18)6-10(13)7-19/h2,4,6,12,21H,3,5,8H2,1H3. The molecule has 1 atom stereocenters. The fraction of sp³-hybridized carbons (Fsp3) is 0.400. The molecule has 5 nitrogen and oxygen atoms in total. The third-order valence-corrected chi connectivity index (χ3v) is 3.79. The third-order valence-electron chi connectivity index (χ3n) is 3.79. The molecule has 0 fully saturated rings. The van der Waals surface area contributed by atoms with Gasteiger partial charge < -0.3 is 5.32 Å². The van der Waals surface area contributed by atoms with Crippen LogP contribution in [0.15, 0.2) is 18.2 Å². The second-order valence-electron chi connectivity index (χ2n) is 5.51. The number of rotatable bonds is 2. The van der Waals surface area contributed by atoms with Crippen molar-refractivity contribution in [3.63, 3.8) is 0 Å². The molecule has 23 heavy (non-hydrogen) atoms. The number of nitriles is 1. The predicted octanol–water partition coefficient (Wildman–Crippen LogP) is 2.90. The summed E-state index contributed by atoms with van der Waals surface area (Å²) >= 11 is 0. The zero-order valence-electron chi connectivity index (χ0n) is 12.4. The summed E-state index contributed by atoms with van der Waals surface area (Å²) in [7, 11) is 0. The van der Waals surface area contributed by atoms with E-state index in [9.17, 15) is 13.2 Å². The Morgan fingerprint density at radius 2 is 2.17 bits per heavy atom. The lowest BCUT2D eigenvalue weighted by atomic mass is 10.0. The fourth-order valence-corrected chi connectivity index (χ4v) is 2.71. The van der Waals surface area contributed by atoms with Gasteiger partial charge in [0.25, 0.3) is 0 Å². The predicted molar refractivity (Wildman–Crippen MR) is 76.6 cm³/mol. The Hall–Kier alpha value is -2.56. The molecule has 0 aliphatic carbocycles. The monoisotopic (exact) mass is 321 g/mol. The van der Waals surface area contributed by atoms with E-state index in [1.165, 1.54) is 6.07 Å². The molecule has 0 amide bonds. The average molecular weight is 321 g/mol. The number of benzene rings is 1. The molecule has 0 saturated carbocycles. The Balaban J connectivity index is 1.80. The van der Waals surface area contributed by atoms with Gasteiger partial charge in [0, 0.05) is 12.5 Å². The quantitative estimate of drug-likeness (QED) is 0.923. The van der Waals surface area contributed by atoms with Gasteiger partial charge in [-0.2, -0.15) is 23.5 Å². The van der Waals surface area contributed by atoms with Crippen molar-refractivity contribution in [1.29, 1.82) is 5.26 Å². The molecule has 1 aliphatic heterocycles. The SMILES string of the molecule is Cc1nc2n(n1)CC(Nc1ccc(C(F)(F)F)cc1C#N)CC2. The van der Waals surface area contributed by atoms with Gasteiger partial charge in [0.15, 0.2) is 0 Å². The number of halogens is 3. The van der Waals surface area contributed by atoms with Crippen LogP contribution in [-0.4, -0.2) is 20.8 Å². The molecular formula is C15H14F3N5. The van der Waals surface area contributed by atoms with E-state index < -0.39 is 11.7 Å². The summed E-state index contributed by atoms with van der Waals surface area (Å²) in [5.74, 6) is 1.61. The van der Waals surface area contributed by atoms with Gasteiger partial charge in [-0.1, -0.05) is 0 Å². The van der Waals surface area contributed by atoms with Crippen LogP contribution in [0.4, 0.5) is 18.9 Å². The molecule has 1 N–H and O–H groups in total. The number of anilines is 1. The molecule has 0 radical (unpaired) electrons. The zero-order valence-corrected chi connectivity index (χ0v) is 12.4. The van der Waals surface area contributed by atoms with Gasteiger partial charge in [-0.3, -0.25) is 0 Å². The highest BCUT2D eigenvalue weighted by Crippen LogP contribution is 2.32. The van der Waals surface area contributed by atoms with Gasteiger partial charge in [-0.15, -0.1) is 0 Å². The van der Waals surface area contributed by atoms with Crippen LogP contribution in [0.5, 0.6) is 0 Å². The number of nitrogens with one attached hydrogen (secondary N) is 1. The van der Waals surface area contributed by atoms with Crippen molar-refractivity contribution >= 4 is 5.69 Å².